The summed E-state index contributed by atoms with van der Waals surface area (Å²) >= 11 is 0. The molecule has 2 heterocycles. The number of fused-ring (bicyclic) bond motifs is 1. The largest absolute Gasteiger partial charge is 0.353 e. The summed E-state index contributed by atoms with van der Waals surface area (Å²) in [6.07, 6.45) is 2.21. The Balaban J connectivity index is 1.53. The van der Waals surface area contributed by atoms with E-state index >= 15 is 0 Å². The number of para-hydroxylation sites is 1. The van der Waals surface area contributed by atoms with Gasteiger partial charge in [-0.3, -0.25) is 14.4 Å². The van der Waals surface area contributed by atoms with E-state index in [0.29, 0.717) is 36.2 Å². The van der Waals surface area contributed by atoms with Crippen molar-refractivity contribution in [3.63, 3.8) is 0 Å². The molecule has 1 aliphatic rings. The second-order valence-electron chi connectivity index (χ2n) is 6.38. The molecule has 3 rings (SSSR count). The molecule has 0 saturated carbocycles. The Labute approximate surface area is 145 Å². The third-order valence-corrected chi connectivity index (χ3v) is 4.56. The normalized spacial score (nSPS) is 15.3. The standard InChI is InChI=1S/C18H22N4O3/c1-12(23)22-10-8-13(9-11-22)19-17(24)7-6-16-20-15-5-3-2-4-14(15)18(25)21-16/h2-5,13H,6-11H2,1H3,(H,19,24)(H,20,21,25). The Kier molecular flexibility index (Phi) is 5.11. The van der Waals surface area contributed by atoms with Gasteiger partial charge in [-0.05, 0) is 25.0 Å². The van der Waals surface area contributed by atoms with Crippen molar-refractivity contribution in [1.29, 1.82) is 0 Å². The quantitative estimate of drug-likeness (QED) is 0.866. The third kappa shape index (κ3) is 4.23. The van der Waals surface area contributed by atoms with Gasteiger partial charge < -0.3 is 15.2 Å². The van der Waals surface area contributed by atoms with E-state index in [-0.39, 0.29) is 29.8 Å². The minimum absolute atomic E-state index is 0.0583. The molecule has 7 heteroatoms. The number of aromatic nitrogens is 2. The van der Waals surface area contributed by atoms with Gasteiger partial charge in [-0.1, -0.05) is 12.1 Å². The van der Waals surface area contributed by atoms with Crippen LogP contribution in [-0.2, 0) is 16.0 Å². The van der Waals surface area contributed by atoms with E-state index in [1.807, 2.05) is 6.07 Å². The van der Waals surface area contributed by atoms with E-state index in [1.54, 1.807) is 30.0 Å². The van der Waals surface area contributed by atoms with E-state index in [4.69, 9.17) is 0 Å². The number of nitrogens with one attached hydrogen (secondary N) is 2. The molecule has 1 aromatic carbocycles. The molecule has 1 saturated heterocycles. The molecule has 25 heavy (non-hydrogen) atoms. The summed E-state index contributed by atoms with van der Waals surface area (Å²) in [5.74, 6) is 0.540. The number of piperidine rings is 1. The number of amides is 2. The van der Waals surface area contributed by atoms with Crippen LogP contribution in [0.1, 0.15) is 32.0 Å². The van der Waals surface area contributed by atoms with E-state index < -0.39 is 0 Å². The second kappa shape index (κ2) is 7.46. The molecule has 2 N–H and O–H groups in total. The van der Waals surface area contributed by atoms with Crippen LogP contribution >= 0.6 is 0 Å². The highest BCUT2D eigenvalue weighted by Gasteiger charge is 2.21. The number of rotatable bonds is 4. The SMILES string of the molecule is CC(=O)N1CCC(NC(=O)CCc2nc3ccccc3c(=O)[nH]2)CC1. The van der Waals surface area contributed by atoms with Crippen molar-refractivity contribution in [2.24, 2.45) is 0 Å². The molecule has 0 bridgehead atoms. The zero-order chi connectivity index (χ0) is 17.8. The molecular weight excluding hydrogens is 320 g/mol. The molecule has 2 amide bonds. The molecule has 1 aliphatic heterocycles. The maximum atomic E-state index is 12.1. The number of nitrogens with zero attached hydrogens (tertiary/aromatic N) is 2. The van der Waals surface area contributed by atoms with Crippen LogP contribution in [-0.4, -0.2) is 45.8 Å². The van der Waals surface area contributed by atoms with Crippen molar-refractivity contribution in [3.8, 4) is 0 Å². The monoisotopic (exact) mass is 342 g/mol. The van der Waals surface area contributed by atoms with Gasteiger partial charge in [0.15, 0.2) is 0 Å². The summed E-state index contributed by atoms with van der Waals surface area (Å²) in [7, 11) is 0. The number of likely N-dealkylation sites (tertiary alicyclic amines) is 1. The molecule has 1 aromatic heterocycles. The minimum Gasteiger partial charge on any atom is -0.353 e. The van der Waals surface area contributed by atoms with Crippen LogP contribution in [0, 0.1) is 0 Å². The van der Waals surface area contributed by atoms with Gasteiger partial charge in [0.1, 0.15) is 5.82 Å². The van der Waals surface area contributed by atoms with E-state index in [1.165, 1.54) is 0 Å². The fraction of sp³-hybridized carbons (Fsp3) is 0.444. The zero-order valence-corrected chi connectivity index (χ0v) is 14.2. The van der Waals surface area contributed by atoms with Gasteiger partial charge in [-0.25, -0.2) is 4.98 Å². The topological polar surface area (TPSA) is 95.2 Å². The number of aryl methyl sites for hydroxylation is 1. The molecule has 0 aliphatic carbocycles. The first-order valence-electron chi connectivity index (χ1n) is 8.56. The van der Waals surface area contributed by atoms with Gasteiger partial charge in [0.2, 0.25) is 11.8 Å². The Morgan fingerprint density at radius 3 is 2.72 bits per heavy atom. The lowest BCUT2D eigenvalue weighted by Crippen LogP contribution is -2.46. The first kappa shape index (κ1) is 17.1. The Bertz CT molecular complexity index is 838. The molecule has 0 atom stereocenters. The average molecular weight is 342 g/mol. The van der Waals surface area contributed by atoms with Crippen LogP contribution in [0.15, 0.2) is 29.1 Å². The maximum Gasteiger partial charge on any atom is 0.258 e. The summed E-state index contributed by atoms with van der Waals surface area (Å²) in [6, 6.07) is 7.25. The molecule has 0 radical (unpaired) electrons. The second-order valence-corrected chi connectivity index (χ2v) is 6.38. The average Bonchev–Trinajstić information content (AvgIpc) is 2.60. The van der Waals surface area contributed by atoms with Crippen molar-refractivity contribution < 1.29 is 9.59 Å². The summed E-state index contributed by atoms with van der Waals surface area (Å²) in [6.45, 7) is 2.93. The van der Waals surface area contributed by atoms with Gasteiger partial charge in [0, 0.05) is 38.9 Å². The molecular formula is C18H22N4O3. The number of H-pyrrole nitrogens is 1. The van der Waals surface area contributed by atoms with E-state index in [9.17, 15) is 14.4 Å². The van der Waals surface area contributed by atoms with Gasteiger partial charge in [0.05, 0.1) is 10.9 Å². The first-order valence-corrected chi connectivity index (χ1v) is 8.56. The smallest absolute Gasteiger partial charge is 0.258 e. The van der Waals surface area contributed by atoms with Gasteiger partial charge >= 0.3 is 0 Å². The summed E-state index contributed by atoms with van der Waals surface area (Å²) in [5.41, 5.74) is 0.455. The van der Waals surface area contributed by atoms with Crippen molar-refractivity contribution in [2.45, 2.75) is 38.6 Å². The van der Waals surface area contributed by atoms with Crippen molar-refractivity contribution in [2.75, 3.05) is 13.1 Å². The molecule has 2 aromatic rings. The molecule has 0 unspecified atom stereocenters. The van der Waals surface area contributed by atoms with Gasteiger partial charge in [-0.15, -0.1) is 0 Å². The zero-order valence-electron chi connectivity index (χ0n) is 14.2. The maximum absolute atomic E-state index is 12.1. The third-order valence-electron chi connectivity index (χ3n) is 4.56. The van der Waals surface area contributed by atoms with Crippen LogP contribution in [0.4, 0.5) is 0 Å². The fourth-order valence-electron chi connectivity index (χ4n) is 3.12. The highest BCUT2D eigenvalue weighted by Crippen LogP contribution is 2.11. The predicted octanol–water partition coefficient (Wildman–Crippen LogP) is 0.983. The molecule has 0 spiro atoms. The number of carbonyl (C=O) groups excluding carboxylic acids is 2. The summed E-state index contributed by atoms with van der Waals surface area (Å²) in [4.78, 5) is 44.4. The molecule has 1 fully saturated rings. The van der Waals surface area contributed by atoms with Crippen molar-refractivity contribution >= 4 is 22.7 Å². The summed E-state index contributed by atoms with van der Waals surface area (Å²) < 4.78 is 0. The Morgan fingerprint density at radius 2 is 2.00 bits per heavy atom. The highest BCUT2D eigenvalue weighted by atomic mass is 16.2. The predicted molar refractivity (Wildman–Crippen MR) is 94.1 cm³/mol. The van der Waals surface area contributed by atoms with E-state index in [2.05, 4.69) is 15.3 Å². The van der Waals surface area contributed by atoms with Gasteiger partial charge in [-0.2, -0.15) is 0 Å². The number of aromatic amines is 1. The molecule has 7 nitrogen and oxygen atoms in total. The number of hydrogen-bond acceptors (Lipinski definition) is 4. The number of hydrogen-bond donors (Lipinski definition) is 2. The Hall–Kier alpha value is -2.70. The van der Waals surface area contributed by atoms with Crippen molar-refractivity contribution in [3.05, 3.63) is 40.4 Å². The Morgan fingerprint density at radius 1 is 1.28 bits per heavy atom. The van der Waals surface area contributed by atoms with Crippen LogP contribution in [0.25, 0.3) is 10.9 Å². The lowest BCUT2D eigenvalue weighted by Gasteiger charge is -2.31. The first-order chi connectivity index (χ1) is 12.0. The fourth-order valence-corrected chi connectivity index (χ4v) is 3.12. The lowest BCUT2D eigenvalue weighted by molar-refractivity contribution is -0.130. The molecule has 132 valence electrons. The van der Waals surface area contributed by atoms with Crippen LogP contribution in [0.3, 0.4) is 0 Å². The van der Waals surface area contributed by atoms with Crippen LogP contribution in [0.2, 0.25) is 0 Å². The minimum atomic E-state index is -0.183. The summed E-state index contributed by atoms with van der Waals surface area (Å²) in [5, 5.41) is 3.55. The van der Waals surface area contributed by atoms with Crippen molar-refractivity contribution in [1.82, 2.24) is 20.2 Å². The van der Waals surface area contributed by atoms with Gasteiger partial charge in [0.25, 0.3) is 5.56 Å². The highest BCUT2D eigenvalue weighted by molar-refractivity contribution is 5.78. The lowest BCUT2D eigenvalue weighted by atomic mass is 10.0. The number of carbonyl (C=O) groups is 2. The van der Waals surface area contributed by atoms with Crippen LogP contribution < -0.4 is 10.9 Å². The van der Waals surface area contributed by atoms with Crippen LogP contribution in [0.5, 0.6) is 0 Å². The number of benzene rings is 1. The van der Waals surface area contributed by atoms with E-state index in [0.717, 1.165) is 12.8 Å².